The van der Waals surface area contributed by atoms with Crippen LogP contribution in [0.1, 0.15) is 28.9 Å². The highest BCUT2D eigenvalue weighted by molar-refractivity contribution is 14.1. The molecule has 2 N–H and O–H groups in total. The van der Waals surface area contributed by atoms with Gasteiger partial charge in [-0.25, -0.2) is 4.79 Å². The molecule has 6 heteroatoms. The fraction of sp³-hybridized carbons (Fsp3) is 0.273. The molecule has 2 unspecified atom stereocenters. The predicted octanol–water partition coefficient (Wildman–Crippen LogP) is 2.38. The van der Waals surface area contributed by atoms with Gasteiger partial charge in [0.1, 0.15) is 0 Å². The molecule has 0 saturated heterocycles. The number of aliphatic hydroxyl groups excluding tert-OH is 1. The number of ketones is 1. The molecule has 0 aliphatic carbocycles. The van der Waals surface area contributed by atoms with Crippen molar-refractivity contribution in [3.8, 4) is 0 Å². The highest BCUT2D eigenvalue weighted by Crippen LogP contribution is 2.23. The molecule has 0 amide bonds. The first-order valence-electron chi connectivity index (χ1n) is 4.73. The van der Waals surface area contributed by atoms with Crippen LogP contribution in [0.2, 0.25) is 0 Å². The Balaban J connectivity index is 3.19. The van der Waals surface area contributed by atoms with Gasteiger partial charge in [0.2, 0.25) is 0 Å². The number of carboxylic acid groups (broad SMARTS) is 1. The maximum absolute atomic E-state index is 11.7. The summed E-state index contributed by atoms with van der Waals surface area (Å²) in [6.07, 6.45) is -1.61. The quantitative estimate of drug-likeness (QED) is 0.452. The molecular weight excluding hydrogens is 403 g/mol. The maximum atomic E-state index is 11.7. The van der Waals surface area contributed by atoms with Crippen molar-refractivity contribution in [2.75, 3.05) is 0 Å². The van der Waals surface area contributed by atoms with Gasteiger partial charge in [0.05, 0.1) is 4.83 Å². The van der Waals surface area contributed by atoms with Crippen molar-refractivity contribution in [1.29, 1.82) is 0 Å². The molecule has 0 spiro atoms. The molecular formula is C11H10BrIO4. The molecule has 0 aliphatic rings. The van der Waals surface area contributed by atoms with Crippen molar-refractivity contribution in [3.63, 3.8) is 0 Å². The van der Waals surface area contributed by atoms with Crippen LogP contribution in [-0.4, -0.2) is 26.8 Å². The minimum absolute atomic E-state index is 0.153. The van der Waals surface area contributed by atoms with E-state index in [1.807, 2.05) is 22.6 Å². The first-order valence-corrected chi connectivity index (χ1v) is 6.72. The van der Waals surface area contributed by atoms with Crippen LogP contribution >= 0.6 is 38.5 Å². The number of carbonyl (C=O) groups excluding carboxylic acids is 1. The number of aliphatic carboxylic acids is 1. The summed E-state index contributed by atoms with van der Waals surface area (Å²) < 4.78 is 0.608. The topological polar surface area (TPSA) is 74.6 Å². The van der Waals surface area contributed by atoms with Crippen molar-refractivity contribution < 1.29 is 19.8 Å². The first-order chi connectivity index (χ1) is 7.84. The zero-order valence-electron chi connectivity index (χ0n) is 8.85. The standard InChI is InChI=1S/C11H10BrIO4/c1-5(12)9(14)6-2-3-8(13)7(4-6)10(15)11(16)17/h2-5,10,15H,1H3,(H,16,17). The molecule has 17 heavy (non-hydrogen) atoms. The van der Waals surface area contributed by atoms with Crippen LogP contribution in [0, 0.1) is 3.57 Å². The Kier molecular flexibility index (Phi) is 5.08. The molecule has 1 aromatic carbocycles. The fourth-order valence-electron chi connectivity index (χ4n) is 1.27. The van der Waals surface area contributed by atoms with Crippen molar-refractivity contribution in [3.05, 3.63) is 32.9 Å². The van der Waals surface area contributed by atoms with Crippen LogP contribution in [0.5, 0.6) is 0 Å². The number of hydrogen-bond donors (Lipinski definition) is 2. The van der Waals surface area contributed by atoms with Gasteiger partial charge in [-0.05, 0) is 41.6 Å². The number of rotatable bonds is 4. The van der Waals surface area contributed by atoms with Gasteiger partial charge < -0.3 is 10.2 Å². The molecule has 92 valence electrons. The summed E-state index contributed by atoms with van der Waals surface area (Å²) in [6.45, 7) is 1.69. The van der Waals surface area contributed by atoms with Crippen molar-refractivity contribution >= 4 is 50.3 Å². The lowest BCUT2D eigenvalue weighted by Crippen LogP contribution is -2.15. The number of Topliss-reactive ketones (excluding diaryl/α,β-unsaturated/α-hetero) is 1. The normalized spacial score (nSPS) is 14.1. The van der Waals surface area contributed by atoms with E-state index < -0.39 is 12.1 Å². The van der Waals surface area contributed by atoms with Crippen molar-refractivity contribution in [2.24, 2.45) is 0 Å². The lowest BCUT2D eigenvalue weighted by atomic mass is 10.0. The summed E-state index contributed by atoms with van der Waals surface area (Å²) >= 11 is 5.08. The Morgan fingerprint density at radius 3 is 2.47 bits per heavy atom. The number of alkyl halides is 1. The van der Waals surface area contributed by atoms with E-state index in [-0.39, 0.29) is 16.2 Å². The summed E-state index contributed by atoms with van der Waals surface area (Å²) in [4.78, 5) is 22.1. The summed E-state index contributed by atoms with van der Waals surface area (Å²) in [7, 11) is 0. The third kappa shape index (κ3) is 3.49. The number of carboxylic acids is 1. The van der Waals surface area contributed by atoms with Crippen LogP contribution in [0.15, 0.2) is 18.2 Å². The SMILES string of the molecule is CC(Br)C(=O)c1ccc(I)c(C(O)C(=O)O)c1. The summed E-state index contributed by atoms with van der Waals surface area (Å²) in [5, 5.41) is 18.2. The molecule has 0 aliphatic heterocycles. The van der Waals surface area contributed by atoms with Gasteiger partial charge in [0.25, 0.3) is 0 Å². The van der Waals surface area contributed by atoms with Crippen LogP contribution in [0.4, 0.5) is 0 Å². The summed E-state index contributed by atoms with van der Waals surface area (Å²) in [5.74, 6) is -1.49. The lowest BCUT2D eigenvalue weighted by Gasteiger charge is -2.11. The number of benzene rings is 1. The van der Waals surface area contributed by atoms with E-state index in [4.69, 9.17) is 5.11 Å². The van der Waals surface area contributed by atoms with Gasteiger partial charge in [-0.2, -0.15) is 0 Å². The van der Waals surface area contributed by atoms with Gasteiger partial charge in [-0.3, -0.25) is 4.79 Å². The molecule has 1 rings (SSSR count). The van der Waals surface area contributed by atoms with E-state index in [0.29, 0.717) is 9.13 Å². The second-order valence-electron chi connectivity index (χ2n) is 3.46. The highest BCUT2D eigenvalue weighted by Gasteiger charge is 2.21. The van der Waals surface area contributed by atoms with Crippen molar-refractivity contribution in [1.82, 2.24) is 0 Å². The monoisotopic (exact) mass is 412 g/mol. The van der Waals surface area contributed by atoms with Gasteiger partial charge in [0, 0.05) is 14.7 Å². The van der Waals surface area contributed by atoms with Crippen molar-refractivity contribution in [2.45, 2.75) is 17.9 Å². The molecule has 0 saturated carbocycles. The number of halogens is 2. The predicted molar refractivity (Wildman–Crippen MR) is 74.5 cm³/mol. The minimum Gasteiger partial charge on any atom is -0.479 e. The minimum atomic E-state index is -1.61. The Hall–Kier alpha value is -0.470. The van der Waals surface area contributed by atoms with Crippen LogP contribution in [-0.2, 0) is 4.79 Å². The number of aliphatic hydroxyl groups is 1. The Labute approximate surface area is 120 Å². The fourth-order valence-corrected chi connectivity index (χ4v) is 2.16. The molecule has 0 aromatic heterocycles. The van der Waals surface area contributed by atoms with E-state index in [9.17, 15) is 14.7 Å². The smallest absolute Gasteiger partial charge is 0.337 e. The van der Waals surface area contributed by atoms with Gasteiger partial charge in [-0.15, -0.1) is 0 Å². The molecule has 0 bridgehead atoms. The van der Waals surface area contributed by atoms with Gasteiger partial charge in [-0.1, -0.05) is 22.0 Å². The summed E-state index contributed by atoms with van der Waals surface area (Å²) in [5.41, 5.74) is 0.613. The molecule has 0 heterocycles. The Bertz CT molecular complexity index is 459. The average molecular weight is 413 g/mol. The summed E-state index contributed by atoms with van der Waals surface area (Å²) in [6, 6.07) is 4.64. The third-order valence-corrected chi connectivity index (χ3v) is 3.57. The molecule has 0 radical (unpaired) electrons. The Morgan fingerprint density at radius 1 is 1.41 bits per heavy atom. The number of carbonyl (C=O) groups is 2. The Morgan fingerprint density at radius 2 is 2.00 bits per heavy atom. The van der Waals surface area contributed by atoms with Gasteiger partial charge in [0.15, 0.2) is 11.9 Å². The molecule has 1 aromatic rings. The zero-order chi connectivity index (χ0) is 13.2. The molecule has 4 nitrogen and oxygen atoms in total. The first kappa shape index (κ1) is 14.6. The van der Waals surface area contributed by atoms with E-state index in [1.54, 1.807) is 19.1 Å². The average Bonchev–Trinajstić information content (AvgIpc) is 2.27. The van der Waals surface area contributed by atoms with Crippen LogP contribution in [0.3, 0.4) is 0 Å². The second kappa shape index (κ2) is 5.92. The van der Waals surface area contributed by atoms with E-state index in [1.165, 1.54) is 6.07 Å². The van der Waals surface area contributed by atoms with E-state index in [2.05, 4.69) is 15.9 Å². The highest BCUT2D eigenvalue weighted by atomic mass is 127. The second-order valence-corrected chi connectivity index (χ2v) is 5.99. The van der Waals surface area contributed by atoms with Crippen LogP contribution < -0.4 is 0 Å². The largest absolute Gasteiger partial charge is 0.479 e. The van der Waals surface area contributed by atoms with E-state index in [0.717, 1.165) is 0 Å². The molecule has 0 fully saturated rings. The van der Waals surface area contributed by atoms with Gasteiger partial charge >= 0.3 is 5.97 Å². The lowest BCUT2D eigenvalue weighted by molar-refractivity contribution is -0.147. The maximum Gasteiger partial charge on any atom is 0.337 e. The zero-order valence-corrected chi connectivity index (χ0v) is 12.6. The van der Waals surface area contributed by atoms with E-state index >= 15 is 0 Å². The third-order valence-electron chi connectivity index (χ3n) is 2.17. The number of hydrogen-bond acceptors (Lipinski definition) is 3. The van der Waals surface area contributed by atoms with Crippen LogP contribution in [0.25, 0.3) is 0 Å². The molecule has 2 atom stereocenters.